The van der Waals surface area contributed by atoms with Gasteiger partial charge in [0, 0.05) is 13.0 Å². The Balaban J connectivity index is 2.46. The summed E-state index contributed by atoms with van der Waals surface area (Å²) in [6, 6.07) is 12.4. The number of hydrogen-bond acceptors (Lipinski definition) is 4. The summed E-state index contributed by atoms with van der Waals surface area (Å²) in [7, 11) is -3.69. The molecule has 1 atom stereocenters. The Morgan fingerprint density at radius 2 is 1.71 bits per heavy atom. The van der Waals surface area contributed by atoms with Crippen LogP contribution in [-0.4, -0.2) is 15.0 Å². The summed E-state index contributed by atoms with van der Waals surface area (Å²) in [6.07, 6.45) is 3.87. The summed E-state index contributed by atoms with van der Waals surface area (Å²) in [4.78, 5) is 0. The number of rotatable bonds is 9. The van der Waals surface area contributed by atoms with Crippen LogP contribution in [0.3, 0.4) is 0 Å². The topological polar surface area (TPSA) is 93.8 Å². The zero-order valence-corrected chi connectivity index (χ0v) is 12.6. The summed E-state index contributed by atoms with van der Waals surface area (Å²) in [5.74, 6) is 0. The summed E-state index contributed by atoms with van der Waals surface area (Å²) in [5.41, 5.74) is 0.474. The lowest BCUT2D eigenvalue weighted by atomic mass is 10.1. The van der Waals surface area contributed by atoms with Crippen LogP contribution >= 0.6 is 0 Å². The van der Waals surface area contributed by atoms with E-state index in [2.05, 4.69) is 10.8 Å². The molecule has 0 fully saturated rings. The Morgan fingerprint density at radius 1 is 1.05 bits per heavy atom. The standard InChI is InChI=1S/C15H19N3O2S/c16-11-7-2-1-3-8-12-18-21(19,20)15(13-17)14-9-5-4-6-10-14/h4-6,9-10,15,18H,1-3,7-8,12H2. The van der Waals surface area contributed by atoms with Gasteiger partial charge in [0.2, 0.25) is 10.0 Å². The monoisotopic (exact) mass is 305 g/mol. The Kier molecular flexibility index (Phi) is 7.45. The van der Waals surface area contributed by atoms with Crippen molar-refractivity contribution in [3.8, 4) is 12.1 Å². The van der Waals surface area contributed by atoms with Crippen molar-refractivity contribution >= 4 is 10.0 Å². The fourth-order valence-corrected chi connectivity index (χ4v) is 3.18. The molecule has 1 unspecified atom stereocenters. The highest BCUT2D eigenvalue weighted by Gasteiger charge is 2.26. The number of nitriles is 2. The fourth-order valence-electron chi connectivity index (χ4n) is 1.93. The molecule has 0 saturated carbocycles. The number of nitrogens with one attached hydrogen (secondary N) is 1. The van der Waals surface area contributed by atoms with E-state index >= 15 is 0 Å². The van der Waals surface area contributed by atoms with Crippen LogP contribution in [0.15, 0.2) is 30.3 Å². The largest absolute Gasteiger partial charge is 0.232 e. The second-order valence-electron chi connectivity index (χ2n) is 4.68. The maximum absolute atomic E-state index is 12.1. The third-order valence-electron chi connectivity index (χ3n) is 3.05. The predicted octanol–water partition coefficient (Wildman–Crippen LogP) is 2.64. The molecule has 0 aliphatic carbocycles. The van der Waals surface area contributed by atoms with Crippen molar-refractivity contribution in [1.82, 2.24) is 4.72 Å². The van der Waals surface area contributed by atoms with Gasteiger partial charge in [-0.3, -0.25) is 0 Å². The molecule has 1 rings (SSSR count). The molecule has 112 valence electrons. The van der Waals surface area contributed by atoms with Gasteiger partial charge in [-0.25, -0.2) is 13.1 Å². The van der Waals surface area contributed by atoms with Gasteiger partial charge in [-0.2, -0.15) is 10.5 Å². The molecule has 21 heavy (non-hydrogen) atoms. The van der Waals surface area contributed by atoms with Gasteiger partial charge in [-0.1, -0.05) is 43.2 Å². The molecule has 1 N–H and O–H groups in total. The normalized spacial score (nSPS) is 12.3. The van der Waals surface area contributed by atoms with Crippen LogP contribution in [0.2, 0.25) is 0 Å². The van der Waals surface area contributed by atoms with Crippen LogP contribution in [0.1, 0.15) is 42.9 Å². The zero-order chi connectivity index (χ0) is 15.6. The summed E-state index contributed by atoms with van der Waals surface area (Å²) < 4.78 is 26.7. The smallest absolute Gasteiger partial charge is 0.214 e. The van der Waals surface area contributed by atoms with Crippen molar-refractivity contribution in [3.63, 3.8) is 0 Å². The van der Waals surface area contributed by atoms with E-state index in [-0.39, 0.29) is 0 Å². The Hall–Kier alpha value is -1.89. The molecule has 0 aliphatic rings. The second-order valence-corrected chi connectivity index (χ2v) is 6.53. The SMILES string of the molecule is N#CCCCCCCNS(=O)(=O)C(C#N)c1ccccc1. The lowest BCUT2D eigenvalue weighted by molar-refractivity contribution is 0.567. The van der Waals surface area contributed by atoms with E-state index < -0.39 is 15.3 Å². The van der Waals surface area contributed by atoms with E-state index in [1.54, 1.807) is 30.3 Å². The predicted molar refractivity (Wildman–Crippen MR) is 80.4 cm³/mol. The second kappa shape index (κ2) is 9.12. The molecule has 0 radical (unpaired) electrons. The van der Waals surface area contributed by atoms with Crippen molar-refractivity contribution < 1.29 is 8.42 Å². The third kappa shape index (κ3) is 5.95. The Labute approximate surface area is 126 Å². The van der Waals surface area contributed by atoms with E-state index in [0.717, 1.165) is 19.3 Å². The lowest BCUT2D eigenvalue weighted by Crippen LogP contribution is -2.29. The average molecular weight is 305 g/mol. The minimum atomic E-state index is -3.69. The van der Waals surface area contributed by atoms with E-state index in [0.29, 0.717) is 24.9 Å². The first-order valence-corrected chi connectivity index (χ1v) is 8.46. The van der Waals surface area contributed by atoms with Crippen LogP contribution in [0.5, 0.6) is 0 Å². The van der Waals surface area contributed by atoms with Crippen molar-refractivity contribution in [2.24, 2.45) is 0 Å². The molecule has 1 aromatic carbocycles. The third-order valence-corrected chi connectivity index (χ3v) is 4.65. The van der Waals surface area contributed by atoms with Crippen LogP contribution in [0, 0.1) is 22.7 Å². The lowest BCUT2D eigenvalue weighted by Gasteiger charge is -2.12. The molecule has 0 aromatic heterocycles. The van der Waals surface area contributed by atoms with Crippen LogP contribution < -0.4 is 4.72 Å². The van der Waals surface area contributed by atoms with Crippen molar-refractivity contribution in [2.45, 2.75) is 37.4 Å². The first-order chi connectivity index (χ1) is 10.1. The minimum absolute atomic E-state index is 0.319. The molecule has 0 heterocycles. The van der Waals surface area contributed by atoms with Gasteiger partial charge < -0.3 is 0 Å². The molecular formula is C15H19N3O2S. The number of nitrogens with zero attached hydrogens (tertiary/aromatic N) is 2. The Morgan fingerprint density at radius 3 is 2.33 bits per heavy atom. The number of benzene rings is 1. The number of unbranched alkanes of at least 4 members (excludes halogenated alkanes) is 4. The van der Waals surface area contributed by atoms with E-state index in [4.69, 9.17) is 10.5 Å². The van der Waals surface area contributed by atoms with Gasteiger partial charge in [0.1, 0.15) is 0 Å². The van der Waals surface area contributed by atoms with Crippen LogP contribution in [0.25, 0.3) is 0 Å². The van der Waals surface area contributed by atoms with E-state index in [1.165, 1.54) is 0 Å². The first kappa shape index (κ1) is 17.2. The minimum Gasteiger partial charge on any atom is -0.214 e. The van der Waals surface area contributed by atoms with Gasteiger partial charge in [0.25, 0.3) is 0 Å². The van der Waals surface area contributed by atoms with Crippen molar-refractivity contribution in [3.05, 3.63) is 35.9 Å². The average Bonchev–Trinajstić information content (AvgIpc) is 2.48. The van der Waals surface area contributed by atoms with E-state index in [9.17, 15) is 8.42 Å². The van der Waals surface area contributed by atoms with Gasteiger partial charge in [0.05, 0.1) is 12.1 Å². The molecule has 0 saturated heterocycles. The fraction of sp³-hybridized carbons (Fsp3) is 0.467. The number of hydrogen-bond donors (Lipinski definition) is 1. The van der Waals surface area contributed by atoms with Crippen LogP contribution in [-0.2, 0) is 10.0 Å². The van der Waals surface area contributed by atoms with Crippen LogP contribution in [0.4, 0.5) is 0 Å². The number of sulfonamides is 1. The molecule has 0 bridgehead atoms. The maximum Gasteiger partial charge on any atom is 0.232 e. The highest BCUT2D eigenvalue weighted by molar-refractivity contribution is 7.90. The summed E-state index contributed by atoms with van der Waals surface area (Å²) in [5, 5.41) is 16.3. The molecule has 1 aromatic rings. The molecular weight excluding hydrogens is 286 g/mol. The van der Waals surface area contributed by atoms with Crippen molar-refractivity contribution in [1.29, 1.82) is 10.5 Å². The van der Waals surface area contributed by atoms with E-state index in [1.807, 2.05) is 6.07 Å². The zero-order valence-electron chi connectivity index (χ0n) is 11.8. The summed E-state index contributed by atoms with van der Waals surface area (Å²) in [6.45, 7) is 0.319. The van der Waals surface area contributed by atoms with Gasteiger partial charge in [-0.15, -0.1) is 0 Å². The Bertz CT molecular complexity index is 600. The molecule has 0 aliphatic heterocycles. The van der Waals surface area contributed by atoms with Gasteiger partial charge in [0.15, 0.2) is 5.25 Å². The van der Waals surface area contributed by atoms with Gasteiger partial charge in [-0.05, 0) is 18.4 Å². The highest BCUT2D eigenvalue weighted by atomic mass is 32.2. The molecule has 0 spiro atoms. The molecule has 0 amide bonds. The molecule has 5 nitrogen and oxygen atoms in total. The quantitative estimate of drug-likeness (QED) is 0.710. The summed E-state index contributed by atoms with van der Waals surface area (Å²) >= 11 is 0. The maximum atomic E-state index is 12.1. The highest BCUT2D eigenvalue weighted by Crippen LogP contribution is 2.20. The first-order valence-electron chi connectivity index (χ1n) is 6.92. The van der Waals surface area contributed by atoms with Gasteiger partial charge >= 0.3 is 0 Å². The molecule has 6 heteroatoms. The van der Waals surface area contributed by atoms with Crippen molar-refractivity contribution in [2.75, 3.05) is 6.54 Å².